The van der Waals surface area contributed by atoms with Gasteiger partial charge in [0.2, 0.25) is 0 Å². The number of methoxy groups -OCH3 is 2. The maximum Gasteiger partial charge on any atom is 0.340 e. The molecule has 37 heavy (non-hydrogen) atoms. The van der Waals surface area contributed by atoms with Crippen LogP contribution in [0.1, 0.15) is 35.0 Å². The van der Waals surface area contributed by atoms with E-state index in [-0.39, 0.29) is 10.1 Å². The SMILES string of the molecule is COC(=O)C(C(=O)OC)c1cn([C@@H]2O[C@H](CO)C(O)[C@@H]2OC(C)=O)c(=O)n(C(=O)c2ccccc2)c1=O. The van der Waals surface area contributed by atoms with Crippen LogP contribution in [-0.2, 0) is 33.3 Å². The molecule has 1 fully saturated rings. The van der Waals surface area contributed by atoms with E-state index in [4.69, 9.17) is 9.47 Å². The van der Waals surface area contributed by atoms with Crippen LogP contribution < -0.4 is 11.2 Å². The van der Waals surface area contributed by atoms with E-state index in [9.17, 15) is 39.0 Å². The molecule has 4 atom stereocenters. The molecule has 14 heteroatoms. The second-order valence-corrected chi connectivity index (χ2v) is 7.88. The molecule has 3 rings (SSSR count). The average molecular weight is 520 g/mol. The first-order valence-electron chi connectivity index (χ1n) is 10.8. The molecule has 0 saturated carbocycles. The number of aliphatic hydroxyl groups excluding tert-OH is 2. The second-order valence-electron chi connectivity index (χ2n) is 7.88. The Kier molecular flexibility index (Phi) is 8.37. The summed E-state index contributed by atoms with van der Waals surface area (Å²) in [5.41, 5.74) is -3.41. The third-order valence-corrected chi connectivity index (χ3v) is 5.62. The quantitative estimate of drug-likeness (QED) is 0.240. The van der Waals surface area contributed by atoms with Crippen LogP contribution in [0, 0.1) is 0 Å². The molecule has 1 saturated heterocycles. The van der Waals surface area contributed by atoms with E-state index in [0.29, 0.717) is 4.57 Å². The molecule has 2 N–H and O–H groups in total. The average Bonchev–Trinajstić information content (AvgIpc) is 3.19. The number of carbonyl (C=O) groups is 4. The molecule has 198 valence electrons. The van der Waals surface area contributed by atoms with Crippen LogP contribution in [-0.4, -0.2) is 82.3 Å². The predicted octanol–water partition coefficient (Wildman–Crippen LogP) is -1.69. The van der Waals surface area contributed by atoms with Gasteiger partial charge in [0, 0.05) is 18.7 Å². The molecule has 14 nitrogen and oxygen atoms in total. The van der Waals surface area contributed by atoms with Gasteiger partial charge in [-0.3, -0.25) is 28.5 Å². The molecule has 1 aromatic carbocycles. The number of hydrogen-bond acceptors (Lipinski definition) is 12. The lowest BCUT2D eigenvalue weighted by atomic mass is 10.0. The minimum Gasteiger partial charge on any atom is -0.468 e. The molecule has 2 aromatic rings. The van der Waals surface area contributed by atoms with Crippen molar-refractivity contribution in [3.8, 4) is 0 Å². The fraction of sp³-hybridized carbons (Fsp3) is 0.391. The molecule has 0 bridgehead atoms. The van der Waals surface area contributed by atoms with E-state index in [2.05, 4.69) is 9.47 Å². The van der Waals surface area contributed by atoms with Gasteiger partial charge >= 0.3 is 23.6 Å². The normalized spacial score (nSPS) is 20.9. The van der Waals surface area contributed by atoms with Crippen molar-refractivity contribution >= 4 is 23.8 Å². The largest absolute Gasteiger partial charge is 0.468 e. The minimum absolute atomic E-state index is 0.0877. The zero-order valence-electron chi connectivity index (χ0n) is 19.9. The van der Waals surface area contributed by atoms with E-state index in [1.54, 1.807) is 6.07 Å². The summed E-state index contributed by atoms with van der Waals surface area (Å²) >= 11 is 0. The van der Waals surface area contributed by atoms with Gasteiger partial charge in [-0.2, -0.15) is 4.57 Å². The lowest BCUT2D eigenvalue weighted by Crippen LogP contribution is -2.49. The van der Waals surface area contributed by atoms with E-state index in [1.807, 2.05) is 0 Å². The first kappa shape index (κ1) is 27.4. The van der Waals surface area contributed by atoms with Crippen LogP contribution in [0.25, 0.3) is 0 Å². The van der Waals surface area contributed by atoms with Crippen molar-refractivity contribution in [2.45, 2.75) is 37.4 Å². The second kappa shape index (κ2) is 11.3. The molecule has 1 aliphatic heterocycles. The van der Waals surface area contributed by atoms with Gasteiger partial charge in [-0.1, -0.05) is 18.2 Å². The zero-order chi connectivity index (χ0) is 27.4. The lowest BCUT2D eigenvalue weighted by molar-refractivity contribution is -0.156. The van der Waals surface area contributed by atoms with E-state index >= 15 is 0 Å². The number of ether oxygens (including phenoxy) is 4. The summed E-state index contributed by atoms with van der Waals surface area (Å²) in [4.78, 5) is 76.8. The molecule has 0 amide bonds. The number of carbonyl (C=O) groups excluding carboxylic acids is 4. The summed E-state index contributed by atoms with van der Waals surface area (Å²) in [6.45, 7) is 0.279. The summed E-state index contributed by atoms with van der Waals surface area (Å²) < 4.78 is 20.6. The van der Waals surface area contributed by atoms with E-state index in [0.717, 1.165) is 27.3 Å². The maximum atomic E-state index is 13.5. The van der Waals surface area contributed by atoms with Crippen molar-refractivity contribution in [3.05, 3.63) is 68.5 Å². The first-order chi connectivity index (χ1) is 17.6. The Balaban J connectivity index is 2.35. The van der Waals surface area contributed by atoms with Crippen molar-refractivity contribution in [2.75, 3.05) is 20.8 Å². The highest BCUT2D eigenvalue weighted by Gasteiger charge is 2.48. The van der Waals surface area contributed by atoms with Crippen LogP contribution in [0.5, 0.6) is 0 Å². The van der Waals surface area contributed by atoms with Crippen molar-refractivity contribution in [1.29, 1.82) is 0 Å². The number of hydrogen-bond donors (Lipinski definition) is 2. The van der Waals surface area contributed by atoms with Gasteiger partial charge in [0.1, 0.15) is 12.2 Å². The Morgan fingerprint density at radius 2 is 1.65 bits per heavy atom. The summed E-state index contributed by atoms with van der Waals surface area (Å²) in [6, 6.07) is 7.19. The van der Waals surface area contributed by atoms with Crippen LogP contribution in [0.3, 0.4) is 0 Å². The van der Waals surface area contributed by atoms with Crippen LogP contribution in [0.4, 0.5) is 0 Å². The van der Waals surface area contributed by atoms with Crippen LogP contribution in [0.15, 0.2) is 46.1 Å². The number of esters is 3. The van der Waals surface area contributed by atoms with Gasteiger partial charge in [-0.05, 0) is 12.1 Å². The molecule has 1 aliphatic rings. The first-order valence-corrected chi connectivity index (χ1v) is 10.8. The summed E-state index contributed by atoms with van der Waals surface area (Å²) in [5.74, 6) is -6.47. The van der Waals surface area contributed by atoms with Gasteiger partial charge < -0.3 is 29.2 Å². The molecular weight excluding hydrogens is 496 g/mol. The smallest absolute Gasteiger partial charge is 0.340 e. The van der Waals surface area contributed by atoms with Gasteiger partial charge in [-0.25, -0.2) is 4.79 Å². The van der Waals surface area contributed by atoms with Crippen molar-refractivity contribution < 1.29 is 48.3 Å². The highest BCUT2D eigenvalue weighted by Crippen LogP contribution is 2.31. The predicted molar refractivity (Wildman–Crippen MR) is 120 cm³/mol. The summed E-state index contributed by atoms with van der Waals surface area (Å²) in [7, 11) is 1.89. The topological polar surface area (TPSA) is 190 Å². The van der Waals surface area contributed by atoms with Gasteiger partial charge in [-0.15, -0.1) is 0 Å². The molecule has 0 spiro atoms. The molecule has 1 unspecified atom stereocenters. The fourth-order valence-corrected chi connectivity index (χ4v) is 3.86. The number of benzene rings is 1. The van der Waals surface area contributed by atoms with E-state index < -0.39 is 77.7 Å². The van der Waals surface area contributed by atoms with Crippen molar-refractivity contribution in [1.82, 2.24) is 9.13 Å². The third-order valence-electron chi connectivity index (χ3n) is 5.62. The van der Waals surface area contributed by atoms with Crippen molar-refractivity contribution in [2.24, 2.45) is 0 Å². The Hall–Kier alpha value is -4.14. The minimum atomic E-state index is -2.02. The lowest BCUT2D eigenvalue weighted by Gasteiger charge is -2.23. The highest BCUT2D eigenvalue weighted by atomic mass is 16.6. The van der Waals surface area contributed by atoms with Crippen LogP contribution in [0.2, 0.25) is 0 Å². The zero-order valence-corrected chi connectivity index (χ0v) is 19.9. The molecule has 0 radical (unpaired) electrons. The Morgan fingerprint density at radius 1 is 1.05 bits per heavy atom. The number of nitrogens with zero attached hydrogens (tertiary/aromatic N) is 2. The molecular formula is C23H24N2O12. The number of aliphatic hydroxyl groups is 2. The molecule has 0 aliphatic carbocycles. The van der Waals surface area contributed by atoms with Gasteiger partial charge in [0.25, 0.3) is 11.5 Å². The standard InChI is InChI=1S/C23H24N2O12/c1-11(27)36-17-16(28)14(10-26)37-20(17)24-9-13(15(21(31)34-2)22(32)35-3)19(30)25(23(24)33)18(29)12-7-5-4-6-8-12/h4-9,14-17,20,26,28H,10H2,1-3H3/t14-,16?,17+,20-/m1/s1. The van der Waals surface area contributed by atoms with Gasteiger partial charge in [0.15, 0.2) is 18.2 Å². The van der Waals surface area contributed by atoms with E-state index in [1.165, 1.54) is 24.3 Å². The third kappa shape index (κ3) is 5.21. The fourth-order valence-electron chi connectivity index (χ4n) is 3.86. The molecule has 2 heterocycles. The van der Waals surface area contributed by atoms with Crippen LogP contribution >= 0.6 is 0 Å². The van der Waals surface area contributed by atoms with Crippen molar-refractivity contribution in [3.63, 3.8) is 0 Å². The summed E-state index contributed by atoms with van der Waals surface area (Å²) in [5, 5.41) is 20.1. The number of rotatable bonds is 7. The highest BCUT2D eigenvalue weighted by molar-refractivity contribution is 6.01. The van der Waals surface area contributed by atoms with Gasteiger partial charge in [0.05, 0.1) is 26.4 Å². The summed E-state index contributed by atoms with van der Waals surface area (Å²) in [6.07, 6.45) is -5.43. The Morgan fingerprint density at radius 3 is 2.16 bits per heavy atom. The maximum absolute atomic E-state index is 13.5. The Labute approximate surface area is 208 Å². The molecule has 1 aromatic heterocycles. The monoisotopic (exact) mass is 520 g/mol. The number of aromatic nitrogens is 2. The Bertz CT molecular complexity index is 1300.